The first-order valence-electron chi connectivity index (χ1n) is 8.75. The third kappa shape index (κ3) is 2.56. The summed E-state index contributed by atoms with van der Waals surface area (Å²) >= 11 is 0. The Morgan fingerprint density at radius 3 is 2.50 bits per heavy atom. The molecule has 0 spiro atoms. The number of nitrogens with zero attached hydrogens (tertiary/aromatic N) is 2. The van der Waals surface area contributed by atoms with E-state index in [1.54, 1.807) is 0 Å². The molecule has 3 rings (SSSR count). The standard InChI is InChI=1S/C21H28N2O/c1-15(2)10-12-21-14-19(24)22(5)20(21)23(13-11-16(3)4)18-9-7-6-8-17(18)21/h6-11,20H,12-14H2,1-5H3/t20-,21+/m0/s1. The van der Waals surface area contributed by atoms with E-state index in [-0.39, 0.29) is 17.5 Å². The van der Waals surface area contributed by atoms with Crippen LogP contribution in [0.25, 0.3) is 0 Å². The zero-order valence-electron chi connectivity index (χ0n) is 15.5. The summed E-state index contributed by atoms with van der Waals surface area (Å²) in [6.45, 7) is 9.37. The molecule has 0 saturated carbocycles. The maximum atomic E-state index is 12.6. The van der Waals surface area contributed by atoms with E-state index in [1.165, 1.54) is 22.4 Å². The van der Waals surface area contributed by atoms with Crippen molar-refractivity contribution in [2.45, 2.75) is 52.1 Å². The van der Waals surface area contributed by atoms with E-state index in [0.29, 0.717) is 6.42 Å². The lowest BCUT2D eigenvalue weighted by Gasteiger charge is -2.36. The molecule has 0 radical (unpaired) electrons. The van der Waals surface area contributed by atoms with E-state index in [4.69, 9.17) is 0 Å². The molecule has 1 amide bonds. The number of carbonyl (C=O) groups is 1. The highest BCUT2D eigenvalue weighted by molar-refractivity contribution is 5.86. The first-order valence-corrected chi connectivity index (χ1v) is 8.75. The topological polar surface area (TPSA) is 23.6 Å². The minimum Gasteiger partial charge on any atom is -0.346 e. The summed E-state index contributed by atoms with van der Waals surface area (Å²) in [5, 5.41) is 0. The summed E-state index contributed by atoms with van der Waals surface area (Å²) in [4.78, 5) is 17.0. The average Bonchev–Trinajstić information content (AvgIpc) is 2.94. The fraction of sp³-hybridized carbons (Fsp3) is 0.476. The predicted molar refractivity (Wildman–Crippen MR) is 100 cm³/mol. The Hall–Kier alpha value is -2.03. The number of benzene rings is 1. The van der Waals surface area contributed by atoms with Crippen LogP contribution < -0.4 is 4.90 Å². The lowest BCUT2D eigenvalue weighted by atomic mass is 9.76. The van der Waals surface area contributed by atoms with Gasteiger partial charge < -0.3 is 9.80 Å². The van der Waals surface area contributed by atoms with Gasteiger partial charge in [-0.2, -0.15) is 0 Å². The van der Waals surface area contributed by atoms with Gasteiger partial charge in [-0.25, -0.2) is 0 Å². The van der Waals surface area contributed by atoms with E-state index >= 15 is 0 Å². The van der Waals surface area contributed by atoms with Crippen molar-refractivity contribution >= 4 is 11.6 Å². The number of fused-ring (bicyclic) bond motifs is 3. The summed E-state index contributed by atoms with van der Waals surface area (Å²) in [6, 6.07) is 8.63. The van der Waals surface area contributed by atoms with Gasteiger partial charge in [0.1, 0.15) is 6.17 Å². The molecule has 0 aromatic heterocycles. The zero-order chi connectivity index (χ0) is 17.5. The van der Waals surface area contributed by atoms with Gasteiger partial charge in [0, 0.05) is 31.1 Å². The quantitative estimate of drug-likeness (QED) is 0.773. The summed E-state index contributed by atoms with van der Waals surface area (Å²) in [5.41, 5.74) is 5.09. The van der Waals surface area contributed by atoms with Crippen molar-refractivity contribution in [3.8, 4) is 0 Å². The number of likely N-dealkylation sites (tertiary alicyclic amines) is 1. The SMILES string of the molecule is CC(C)=CCN1c2ccccc2[C@@]2(CC=C(C)C)CC(=O)N(C)[C@@H]12. The van der Waals surface area contributed by atoms with Gasteiger partial charge >= 0.3 is 0 Å². The van der Waals surface area contributed by atoms with Gasteiger partial charge in [-0.1, -0.05) is 41.5 Å². The first-order chi connectivity index (χ1) is 11.4. The van der Waals surface area contributed by atoms with Gasteiger partial charge in [-0.3, -0.25) is 4.79 Å². The number of hydrogen-bond donors (Lipinski definition) is 0. The van der Waals surface area contributed by atoms with Crippen LogP contribution in [0.1, 0.15) is 46.1 Å². The van der Waals surface area contributed by atoms with Crippen LogP contribution in [0.2, 0.25) is 0 Å². The second kappa shape index (κ2) is 6.12. The van der Waals surface area contributed by atoms with E-state index < -0.39 is 0 Å². The van der Waals surface area contributed by atoms with Crippen LogP contribution in [0, 0.1) is 0 Å². The number of allylic oxidation sites excluding steroid dienone is 3. The zero-order valence-corrected chi connectivity index (χ0v) is 15.5. The van der Waals surface area contributed by atoms with Crippen LogP contribution in [0.4, 0.5) is 5.69 Å². The molecular weight excluding hydrogens is 296 g/mol. The molecule has 3 nitrogen and oxygen atoms in total. The Morgan fingerprint density at radius 1 is 1.17 bits per heavy atom. The molecular formula is C21H28N2O. The van der Waals surface area contributed by atoms with Crippen molar-refractivity contribution in [3.05, 3.63) is 53.1 Å². The highest BCUT2D eigenvalue weighted by Crippen LogP contribution is 2.54. The fourth-order valence-electron chi connectivity index (χ4n) is 4.16. The molecule has 1 aromatic carbocycles. The molecule has 0 N–H and O–H groups in total. The van der Waals surface area contributed by atoms with Crippen molar-refractivity contribution in [1.29, 1.82) is 0 Å². The van der Waals surface area contributed by atoms with Crippen molar-refractivity contribution in [1.82, 2.24) is 4.90 Å². The minimum absolute atomic E-state index is 0.105. The fourth-order valence-corrected chi connectivity index (χ4v) is 4.16. The molecule has 0 bridgehead atoms. The highest BCUT2D eigenvalue weighted by atomic mass is 16.2. The Bertz CT molecular complexity index is 710. The number of anilines is 1. The van der Waals surface area contributed by atoms with Crippen LogP contribution in [0.15, 0.2) is 47.6 Å². The molecule has 1 aromatic rings. The van der Waals surface area contributed by atoms with Crippen molar-refractivity contribution < 1.29 is 4.79 Å². The Morgan fingerprint density at radius 2 is 1.83 bits per heavy atom. The highest BCUT2D eigenvalue weighted by Gasteiger charge is 2.58. The predicted octanol–water partition coefficient (Wildman–Crippen LogP) is 4.26. The van der Waals surface area contributed by atoms with Crippen molar-refractivity contribution in [3.63, 3.8) is 0 Å². The van der Waals surface area contributed by atoms with Gasteiger partial charge in [-0.05, 0) is 45.7 Å². The number of hydrogen-bond acceptors (Lipinski definition) is 2. The average molecular weight is 324 g/mol. The molecule has 0 unspecified atom stereocenters. The Kier molecular flexibility index (Phi) is 4.29. The third-order valence-corrected chi connectivity index (χ3v) is 5.34. The van der Waals surface area contributed by atoms with Crippen LogP contribution >= 0.6 is 0 Å². The van der Waals surface area contributed by atoms with Gasteiger partial charge in [0.25, 0.3) is 0 Å². The second-order valence-electron chi connectivity index (χ2n) is 7.65. The van der Waals surface area contributed by atoms with E-state index in [0.717, 1.165) is 13.0 Å². The number of rotatable bonds is 4. The van der Waals surface area contributed by atoms with Crippen LogP contribution in [-0.2, 0) is 10.2 Å². The van der Waals surface area contributed by atoms with Gasteiger partial charge in [0.15, 0.2) is 0 Å². The van der Waals surface area contributed by atoms with Gasteiger partial charge in [-0.15, -0.1) is 0 Å². The van der Waals surface area contributed by atoms with Crippen LogP contribution in [0.3, 0.4) is 0 Å². The maximum Gasteiger partial charge on any atom is 0.225 e. The lowest BCUT2D eigenvalue weighted by molar-refractivity contribution is -0.127. The van der Waals surface area contributed by atoms with Gasteiger partial charge in [0.2, 0.25) is 5.91 Å². The smallest absolute Gasteiger partial charge is 0.225 e. The number of likely N-dealkylation sites (N-methyl/N-ethyl adjacent to an activating group) is 1. The second-order valence-corrected chi connectivity index (χ2v) is 7.65. The molecule has 128 valence electrons. The summed E-state index contributed by atoms with van der Waals surface area (Å²) in [7, 11) is 1.96. The molecule has 2 aliphatic rings. The Balaban J connectivity index is 2.13. The molecule has 1 saturated heterocycles. The van der Waals surface area contributed by atoms with E-state index in [2.05, 4.69) is 69.0 Å². The summed E-state index contributed by atoms with van der Waals surface area (Å²) in [6.07, 6.45) is 6.16. The van der Waals surface area contributed by atoms with Crippen molar-refractivity contribution in [2.24, 2.45) is 0 Å². The van der Waals surface area contributed by atoms with Crippen molar-refractivity contribution in [2.75, 3.05) is 18.5 Å². The number of para-hydroxylation sites is 1. The number of carbonyl (C=O) groups excluding carboxylic acids is 1. The molecule has 3 heteroatoms. The largest absolute Gasteiger partial charge is 0.346 e. The van der Waals surface area contributed by atoms with E-state index in [9.17, 15) is 4.79 Å². The monoisotopic (exact) mass is 324 g/mol. The molecule has 24 heavy (non-hydrogen) atoms. The third-order valence-electron chi connectivity index (χ3n) is 5.34. The minimum atomic E-state index is -0.130. The lowest BCUT2D eigenvalue weighted by Crippen LogP contribution is -2.49. The summed E-state index contributed by atoms with van der Waals surface area (Å²) in [5.74, 6) is 0.249. The molecule has 2 aliphatic heterocycles. The molecule has 2 heterocycles. The molecule has 0 aliphatic carbocycles. The maximum absolute atomic E-state index is 12.6. The first kappa shape index (κ1) is 16.8. The number of amides is 1. The molecule has 2 atom stereocenters. The molecule has 1 fully saturated rings. The normalized spacial score (nSPS) is 24.7. The van der Waals surface area contributed by atoms with Crippen LogP contribution in [-0.4, -0.2) is 30.6 Å². The Labute approximate surface area is 145 Å². The summed E-state index contributed by atoms with van der Waals surface area (Å²) < 4.78 is 0. The van der Waals surface area contributed by atoms with Crippen LogP contribution in [0.5, 0.6) is 0 Å². The van der Waals surface area contributed by atoms with Gasteiger partial charge in [0.05, 0.1) is 0 Å². The van der Waals surface area contributed by atoms with E-state index in [1.807, 2.05) is 11.9 Å².